The van der Waals surface area contributed by atoms with Gasteiger partial charge in [0, 0.05) is 25.2 Å². The smallest absolute Gasteiger partial charge is 0.289 e. The van der Waals surface area contributed by atoms with Gasteiger partial charge in [-0.3, -0.25) is 10.1 Å². The highest BCUT2D eigenvalue weighted by atomic mass is 35.5. The van der Waals surface area contributed by atoms with E-state index in [4.69, 9.17) is 5.73 Å². The molecule has 9 heteroatoms. The van der Waals surface area contributed by atoms with Gasteiger partial charge < -0.3 is 5.73 Å². The first-order valence-corrected chi connectivity index (χ1v) is 7.78. The molecule has 0 spiro atoms. The highest BCUT2D eigenvalue weighted by Crippen LogP contribution is 2.30. The van der Waals surface area contributed by atoms with Crippen molar-refractivity contribution in [2.45, 2.75) is 30.7 Å². The number of hydrogen-bond donors (Lipinski definition) is 1. The summed E-state index contributed by atoms with van der Waals surface area (Å²) in [6.07, 6.45) is 1.43. The topological polar surface area (TPSA) is 107 Å². The standard InChI is InChI=1S/C12H17N3O4S.ClH/c1-9-4-2-6-11(15(16)17)12(9)20(18,19)14-7-3-5-10(13)8-14;/h2,4,6,10H,3,5,7-8,13H2,1H3;1H/t10-;/m1./s1. The third-order valence-electron chi connectivity index (χ3n) is 3.41. The van der Waals surface area contributed by atoms with E-state index in [2.05, 4.69) is 0 Å². The summed E-state index contributed by atoms with van der Waals surface area (Å²) in [5, 5.41) is 11.1. The lowest BCUT2D eigenvalue weighted by molar-refractivity contribution is -0.387. The maximum absolute atomic E-state index is 12.6. The lowest BCUT2D eigenvalue weighted by atomic mass is 10.1. The van der Waals surface area contributed by atoms with Crippen molar-refractivity contribution in [3.8, 4) is 0 Å². The number of halogens is 1. The van der Waals surface area contributed by atoms with Crippen molar-refractivity contribution >= 4 is 28.1 Å². The number of piperidine rings is 1. The first-order valence-electron chi connectivity index (χ1n) is 6.34. The fraction of sp³-hybridized carbons (Fsp3) is 0.500. The first-order chi connectivity index (χ1) is 9.34. The van der Waals surface area contributed by atoms with Gasteiger partial charge in [-0.2, -0.15) is 4.31 Å². The monoisotopic (exact) mass is 335 g/mol. The molecule has 0 amide bonds. The van der Waals surface area contributed by atoms with Crippen LogP contribution < -0.4 is 5.73 Å². The largest absolute Gasteiger partial charge is 0.327 e. The number of sulfonamides is 1. The van der Waals surface area contributed by atoms with Gasteiger partial charge in [-0.05, 0) is 25.3 Å². The second-order valence-electron chi connectivity index (χ2n) is 4.95. The predicted molar refractivity (Wildman–Crippen MR) is 81.0 cm³/mol. The number of nitro benzene ring substituents is 1. The lowest BCUT2D eigenvalue weighted by Gasteiger charge is -2.30. The zero-order valence-electron chi connectivity index (χ0n) is 11.6. The normalized spacial score (nSPS) is 19.8. The second kappa shape index (κ2) is 6.69. The maximum Gasteiger partial charge on any atom is 0.289 e. The SMILES string of the molecule is Cc1cccc([N+](=O)[O-])c1S(=O)(=O)N1CCC[C@@H](N)C1.Cl. The fourth-order valence-corrected chi connectivity index (χ4v) is 4.33. The molecule has 0 radical (unpaired) electrons. The third-order valence-corrected chi connectivity index (χ3v) is 5.46. The minimum absolute atomic E-state index is 0. The number of nitrogens with zero attached hydrogens (tertiary/aromatic N) is 2. The van der Waals surface area contributed by atoms with E-state index in [9.17, 15) is 18.5 Å². The summed E-state index contributed by atoms with van der Waals surface area (Å²) in [4.78, 5) is 10.2. The highest BCUT2D eigenvalue weighted by molar-refractivity contribution is 7.89. The van der Waals surface area contributed by atoms with Gasteiger partial charge in [-0.15, -0.1) is 12.4 Å². The molecule has 0 aliphatic carbocycles. The van der Waals surface area contributed by atoms with Crippen molar-refractivity contribution in [2.24, 2.45) is 5.73 Å². The zero-order chi connectivity index (χ0) is 14.9. The predicted octanol–water partition coefficient (Wildman–Crippen LogP) is 1.44. The molecule has 1 atom stereocenters. The summed E-state index contributed by atoms with van der Waals surface area (Å²) in [6, 6.07) is 4.03. The molecule has 1 saturated heterocycles. The number of aryl methyl sites for hydroxylation is 1. The van der Waals surface area contributed by atoms with Crippen LogP contribution in [0, 0.1) is 17.0 Å². The quantitative estimate of drug-likeness (QED) is 0.664. The number of nitrogens with two attached hydrogens (primary N) is 1. The van der Waals surface area contributed by atoms with Gasteiger partial charge in [0.2, 0.25) is 10.0 Å². The van der Waals surface area contributed by atoms with Gasteiger partial charge in [-0.1, -0.05) is 12.1 Å². The molecule has 1 fully saturated rings. The summed E-state index contributed by atoms with van der Waals surface area (Å²) >= 11 is 0. The molecule has 7 nitrogen and oxygen atoms in total. The van der Waals surface area contributed by atoms with E-state index in [1.54, 1.807) is 13.0 Å². The first kappa shape index (κ1) is 17.8. The van der Waals surface area contributed by atoms with E-state index in [1.807, 2.05) is 0 Å². The Balaban J connectivity index is 0.00000220. The van der Waals surface area contributed by atoms with E-state index in [0.717, 1.165) is 6.42 Å². The van der Waals surface area contributed by atoms with Crippen molar-refractivity contribution in [3.05, 3.63) is 33.9 Å². The summed E-state index contributed by atoms with van der Waals surface area (Å²) < 4.78 is 26.5. The fourth-order valence-electron chi connectivity index (χ4n) is 2.44. The van der Waals surface area contributed by atoms with Gasteiger partial charge in [0.05, 0.1) is 4.92 Å². The molecule has 0 unspecified atom stereocenters. The molecular weight excluding hydrogens is 318 g/mol. The maximum atomic E-state index is 12.6. The van der Waals surface area contributed by atoms with E-state index in [0.29, 0.717) is 18.5 Å². The Morgan fingerprint density at radius 2 is 2.10 bits per heavy atom. The van der Waals surface area contributed by atoms with Gasteiger partial charge in [0.15, 0.2) is 4.90 Å². The van der Waals surface area contributed by atoms with Crippen LogP contribution >= 0.6 is 12.4 Å². The van der Waals surface area contributed by atoms with Crippen LogP contribution in [0.5, 0.6) is 0 Å². The number of rotatable bonds is 3. The molecule has 1 aliphatic heterocycles. The van der Waals surface area contributed by atoms with Gasteiger partial charge >= 0.3 is 0 Å². The number of hydrogen-bond acceptors (Lipinski definition) is 5. The molecule has 0 aromatic heterocycles. The second-order valence-corrected chi connectivity index (χ2v) is 6.82. The minimum Gasteiger partial charge on any atom is -0.327 e. The number of nitro groups is 1. The van der Waals surface area contributed by atoms with Crippen LogP contribution in [0.3, 0.4) is 0 Å². The van der Waals surface area contributed by atoms with E-state index in [1.165, 1.54) is 16.4 Å². The molecule has 21 heavy (non-hydrogen) atoms. The van der Waals surface area contributed by atoms with E-state index < -0.39 is 14.9 Å². The summed E-state index contributed by atoms with van der Waals surface area (Å²) in [5.41, 5.74) is 5.78. The van der Waals surface area contributed by atoms with Crippen LogP contribution in [0.2, 0.25) is 0 Å². The van der Waals surface area contributed by atoms with Crippen LogP contribution in [-0.2, 0) is 10.0 Å². The third kappa shape index (κ3) is 3.52. The van der Waals surface area contributed by atoms with Crippen LogP contribution in [-0.4, -0.2) is 36.8 Å². The Kier molecular flexibility index (Phi) is 5.68. The van der Waals surface area contributed by atoms with Crippen molar-refractivity contribution in [1.29, 1.82) is 0 Å². The lowest BCUT2D eigenvalue weighted by Crippen LogP contribution is -2.45. The van der Waals surface area contributed by atoms with Crippen molar-refractivity contribution < 1.29 is 13.3 Å². The van der Waals surface area contributed by atoms with Crippen molar-refractivity contribution in [3.63, 3.8) is 0 Å². The summed E-state index contributed by atoms with van der Waals surface area (Å²) in [5.74, 6) is 0. The molecular formula is C12H18ClN3O4S. The van der Waals surface area contributed by atoms with E-state index >= 15 is 0 Å². The number of benzene rings is 1. The Bertz CT molecular complexity index is 635. The molecule has 1 aliphatic rings. The van der Waals surface area contributed by atoms with Gasteiger partial charge in [0.25, 0.3) is 5.69 Å². The highest BCUT2D eigenvalue weighted by Gasteiger charge is 2.35. The Morgan fingerprint density at radius 1 is 1.43 bits per heavy atom. The van der Waals surface area contributed by atoms with Crippen LogP contribution in [0.1, 0.15) is 18.4 Å². The van der Waals surface area contributed by atoms with Crippen LogP contribution in [0.25, 0.3) is 0 Å². The molecule has 118 valence electrons. The van der Waals surface area contributed by atoms with Crippen molar-refractivity contribution in [1.82, 2.24) is 4.31 Å². The molecule has 1 aromatic rings. The molecule has 1 aromatic carbocycles. The molecule has 0 bridgehead atoms. The van der Waals surface area contributed by atoms with E-state index in [-0.39, 0.29) is 35.6 Å². The molecule has 1 heterocycles. The average Bonchev–Trinajstić information content (AvgIpc) is 2.38. The Labute approximate surface area is 129 Å². The van der Waals surface area contributed by atoms with Gasteiger partial charge in [0.1, 0.15) is 0 Å². The molecule has 2 N–H and O–H groups in total. The van der Waals surface area contributed by atoms with Crippen molar-refractivity contribution in [2.75, 3.05) is 13.1 Å². The summed E-state index contributed by atoms with van der Waals surface area (Å²) in [7, 11) is -3.89. The van der Waals surface area contributed by atoms with Gasteiger partial charge in [-0.25, -0.2) is 8.42 Å². The van der Waals surface area contributed by atoms with Crippen LogP contribution in [0.4, 0.5) is 5.69 Å². The zero-order valence-corrected chi connectivity index (χ0v) is 13.2. The average molecular weight is 336 g/mol. The molecule has 0 saturated carbocycles. The van der Waals surface area contributed by atoms with Crippen LogP contribution in [0.15, 0.2) is 23.1 Å². The Morgan fingerprint density at radius 3 is 2.67 bits per heavy atom. The Hall–Kier alpha value is -1.22. The minimum atomic E-state index is -3.89. The molecule has 2 rings (SSSR count). The summed E-state index contributed by atoms with van der Waals surface area (Å²) in [6.45, 7) is 2.11.